The van der Waals surface area contributed by atoms with Crippen molar-refractivity contribution >= 4 is 10.9 Å². The third-order valence-corrected chi connectivity index (χ3v) is 2.99. The molecule has 17 heavy (non-hydrogen) atoms. The van der Waals surface area contributed by atoms with Crippen LogP contribution in [0.4, 0.5) is 0 Å². The van der Waals surface area contributed by atoms with Gasteiger partial charge in [0.1, 0.15) is 0 Å². The highest BCUT2D eigenvalue weighted by Gasteiger charge is 2.09. The van der Waals surface area contributed by atoms with Gasteiger partial charge in [-0.25, -0.2) is 0 Å². The van der Waals surface area contributed by atoms with Gasteiger partial charge in [-0.1, -0.05) is 31.2 Å². The molecule has 1 heterocycles. The third kappa shape index (κ3) is 2.71. The molecule has 0 saturated heterocycles. The minimum Gasteiger partial charge on any atom is -0.388 e. The van der Waals surface area contributed by atoms with Crippen molar-refractivity contribution in [3.8, 4) is 0 Å². The molecule has 0 spiro atoms. The van der Waals surface area contributed by atoms with Gasteiger partial charge >= 0.3 is 0 Å². The third-order valence-electron chi connectivity index (χ3n) is 2.99. The summed E-state index contributed by atoms with van der Waals surface area (Å²) in [4.78, 5) is 4.26. The van der Waals surface area contributed by atoms with Crippen LogP contribution in [0.1, 0.15) is 31.4 Å². The molecule has 2 aromatic rings. The van der Waals surface area contributed by atoms with E-state index < -0.39 is 6.10 Å². The molecule has 1 aromatic heterocycles. The highest BCUT2D eigenvalue weighted by atomic mass is 16.3. The summed E-state index contributed by atoms with van der Waals surface area (Å²) in [6.45, 7) is 5.98. The van der Waals surface area contributed by atoms with Crippen LogP contribution in [0.2, 0.25) is 0 Å². The molecule has 0 saturated carbocycles. The van der Waals surface area contributed by atoms with Gasteiger partial charge in [-0.15, -0.1) is 0 Å². The van der Waals surface area contributed by atoms with Crippen LogP contribution in [-0.4, -0.2) is 10.1 Å². The second-order valence-corrected chi connectivity index (χ2v) is 4.28. The number of nitrogens with zero attached hydrogens (tertiary/aromatic N) is 1. The maximum Gasteiger partial charge on any atom is 0.0827 e. The van der Waals surface area contributed by atoms with Crippen LogP contribution in [0.25, 0.3) is 10.9 Å². The zero-order valence-corrected chi connectivity index (χ0v) is 10.1. The molecule has 0 bridgehead atoms. The van der Waals surface area contributed by atoms with Crippen molar-refractivity contribution < 1.29 is 5.11 Å². The van der Waals surface area contributed by atoms with Gasteiger partial charge in [0.2, 0.25) is 0 Å². The first kappa shape index (κ1) is 11.8. The SMILES string of the molecule is C=C(CC)CC(O)c1ccc2ncccc2c1. The Hall–Kier alpha value is -1.67. The van der Waals surface area contributed by atoms with E-state index in [4.69, 9.17) is 0 Å². The minimum absolute atomic E-state index is 0.466. The van der Waals surface area contributed by atoms with Gasteiger partial charge < -0.3 is 5.11 Å². The van der Waals surface area contributed by atoms with Crippen molar-refractivity contribution in [1.82, 2.24) is 4.98 Å². The number of pyridine rings is 1. The maximum absolute atomic E-state index is 10.1. The van der Waals surface area contributed by atoms with E-state index in [1.807, 2.05) is 30.3 Å². The van der Waals surface area contributed by atoms with Crippen molar-refractivity contribution in [3.05, 3.63) is 54.2 Å². The summed E-state index contributed by atoms with van der Waals surface area (Å²) in [5.74, 6) is 0. The molecule has 2 rings (SSSR count). The second-order valence-electron chi connectivity index (χ2n) is 4.28. The zero-order valence-electron chi connectivity index (χ0n) is 10.1. The van der Waals surface area contributed by atoms with Crippen molar-refractivity contribution in [2.24, 2.45) is 0 Å². The van der Waals surface area contributed by atoms with Crippen molar-refractivity contribution in [3.63, 3.8) is 0 Å². The van der Waals surface area contributed by atoms with Gasteiger partial charge in [0.15, 0.2) is 0 Å². The first-order valence-corrected chi connectivity index (χ1v) is 5.90. The lowest BCUT2D eigenvalue weighted by atomic mass is 10.00. The van der Waals surface area contributed by atoms with Gasteiger partial charge in [-0.3, -0.25) is 4.98 Å². The van der Waals surface area contributed by atoms with Gasteiger partial charge in [-0.2, -0.15) is 0 Å². The lowest BCUT2D eigenvalue weighted by Gasteiger charge is -2.12. The van der Waals surface area contributed by atoms with Gasteiger partial charge in [0.05, 0.1) is 11.6 Å². The number of benzene rings is 1. The minimum atomic E-state index is -0.466. The van der Waals surface area contributed by atoms with E-state index in [1.54, 1.807) is 6.20 Å². The fourth-order valence-electron chi connectivity index (χ4n) is 1.84. The summed E-state index contributed by atoms with van der Waals surface area (Å²) in [7, 11) is 0. The van der Waals surface area contributed by atoms with Crippen LogP contribution in [0.3, 0.4) is 0 Å². The first-order valence-electron chi connectivity index (χ1n) is 5.90. The number of aliphatic hydroxyl groups excluding tert-OH is 1. The Morgan fingerprint density at radius 1 is 1.41 bits per heavy atom. The molecule has 1 aromatic carbocycles. The molecular formula is C15H17NO. The molecule has 0 amide bonds. The van der Waals surface area contributed by atoms with E-state index in [0.29, 0.717) is 6.42 Å². The predicted octanol–water partition coefficient (Wildman–Crippen LogP) is 3.62. The molecule has 1 unspecified atom stereocenters. The average molecular weight is 227 g/mol. The van der Waals surface area contributed by atoms with E-state index >= 15 is 0 Å². The fourth-order valence-corrected chi connectivity index (χ4v) is 1.84. The molecule has 88 valence electrons. The molecule has 0 fully saturated rings. The van der Waals surface area contributed by atoms with Crippen molar-refractivity contribution in [1.29, 1.82) is 0 Å². The van der Waals surface area contributed by atoms with Crippen LogP contribution in [0.5, 0.6) is 0 Å². The van der Waals surface area contributed by atoms with Crippen LogP contribution in [-0.2, 0) is 0 Å². The summed E-state index contributed by atoms with van der Waals surface area (Å²) in [5, 5.41) is 11.2. The molecule has 1 atom stereocenters. The van der Waals surface area contributed by atoms with E-state index in [0.717, 1.165) is 28.5 Å². The van der Waals surface area contributed by atoms with Gasteiger partial charge in [0.25, 0.3) is 0 Å². The number of rotatable bonds is 4. The largest absolute Gasteiger partial charge is 0.388 e. The summed E-state index contributed by atoms with van der Waals surface area (Å²) in [6, 6.07) is 9.79. The van der Waals surface area contributed by atoms with E-state index in [2.05, 4.69) is 18.5 Å². The molecule has 2 heteroatoms. The standard InChI is InChI=1S/C15H17NO/c1-3-11(2)9-15(17)13-6-7-14-12(10-13)5-4-8-16-14/h4-8,10,15,17H,2-3,9H2,1H3. The summed E-state index contributed by atoms with van der Waals surface area (Å²) >= 11 is 0. The van der Waals surface area contributed by atoms with Gasteiger partial charge in [-0.05, 0) is 36.6 Å². The lowest BCUT2D eigenvalue weighted by molar-refractivity contribution is 0.177. The Labute approximate surface area is 102 Å². The summed E-state index contributed by atoms with van der Waals surface area (Å²) < 4.78 is 0. The lowest BCUT2D eigenvalue weighted by Crippen LogP contribution is -1.98. The summed E-state index contributed by atoms with van der Waals surface area (Å²) in [5.41, 5.74) is 2.96. The molecule has 0 aliphatic rings. The molecule has 0 aliphatic carbocycles. The Bertz CT molecular complexity index is 533. The molecule has 1 N–H and O–H groups in total. The van der Waals surface area contributed by atoms with E-state index in [1.165, 1.54) is 0 Å². The number of hydrogen-bond donors (Lipinski definition) is 1. The average Bonchev–Trinajstić information content (AvgIpc) is 2.38. The monoisotopic (exact) mass is 227 g/mol. The van der Waals surface area contributed by atoms with Gasteiger partial charge in [0, 0.05) is 11.6 Å². The van der Waals surface area contributed by atoms with Crippen LogP contribution < -0.4 is 0 Å². The highest BCUT2D eigenvalue weighted by molar-refractivity contribution is 5.79. The molecule has 0 aliphatic heterocycles. The topological polar surface area (TPSA) is 33.1 Å². The Kier molecular flexibility index (Phi) is 3.55. The Balaban J connectivity index is 2.26. The fraction of sp³-hybridized carbons (Fsp3) is 0.267. The van der Waals surface area contributed by atoms with Crippen LogP contribution in [0.15, 0.2) is 48.7 Å². The van der Waals surface area contributed by atoms with Crippen LogP contribution >= 0.6 is 0 Å². The molecule has 2 nitrogen and oxygen atoms in total. The first-order chi connectivity index (χ1) is 8.20. The van der Waals surface area contributed by atoms with E-state index in [9.17, 15) is 5.11 Å². The number of aliphatic hydroxyl groups is 1. The number of hydrogen-bond acceptors (Lipinski definition) is 2. The van der Waals surface area contributed by atoms with Crippen molar-refractivity contribution in [2.45, 2.75) is 25.9 Å². The second kappa shape index (κ2) is 5.11. The van der Waals surface area contributed by atoms with Crippen molar-refractivity contribution in [2.75, 3.05) is 0 Å². The highest BCUT2D eigenvalue weighted by Crippen LogP contribution is 2.24. The normalized spacial score (nSPS) is 12.6. The zero-order chi connectivity index (χ0) is 12.3. The Morgan fingerprint density at radius 3 is 3.00 bits per heavy atom. The molecule has 0 radical (unpaired) electrons. The molecular weight excluding hydrogens is 210 g/mol. The Morgan fingerprint density at radius 2 is 2.24 bits per heavy atom. The quantitative estimate of drug-likeness (QED) is 0.809. The number of fused-ring (bicyclic) bond motifs is 1. The summed E-state index contributed by atoms with van der Waals surface area (Å²) in [6.07, 6.45) is 2.85. The van der Waals surface area contributed by atoms with Crippen LogP contribution in [0, 0.1) is 0 Å². The van der Waals surface area contributed by atoms with E-state index in [-0.39, 0.29) is 0 Å². The maximum atomic E-state index is 10.1. The number of aromatic nitrogens is 1. The predicted molar refractivity (Wildman–Crippen MR) is 70.8 cm³/mol. The smallest absolute Gasteiger partial charge is 0.0827 e.